The Morgan fingerprint density at radius 1 is 1.13 bits per heavy atom. The fourth-order valence-corrected chi connectivity index (χ4v) is 3.74. The van der Waals surface area contributed by atoms with Crippen LogP contribution in [-0.2, 0) is 17.6 Å². The molecule has 0 saturated heterocycles. The Balaban J connectivity index is 1.73. The zero-order chi connectivity index (χ0) is 21.4. The van der Waals surface area contributed by atoms with Crippen LogP contribution in [0.25, 0.3) is 5.69 Å². The van der Waals surface area contributed by atoms with Gasteiger partial charge < -0.3 is 10.1 Å². The number of hydrogen-bond donors (Lipinski definition) is 1. The minimum Gasteiger partial charge on any atom is -0.465 e. The molecule has 8 heteroatoms. The Morgan fingerprint density at radius 3 is 2.67 bits per heavy atom. The number of para-hydroxylation sites is 1. The third-order valence-corrected chi connectivity index (χ3v) is 5.21. The van der Waals surface area contributed by atoms with Gasteiger partial charge in [-0.2, -0.15) is 5.10 Å². The number of esters is 1. The number of aryl methyl sites for hydroxylation is 1. The summed E-state index contributed by atoms with van der Waals surface area (Å²) >= 11 is 0. The van der Waals surface area contributed by atoms with E-state index in [0.29, 0.717) is 29.8 Å². The number of ether oxygens (including phenoxy) is 1. The van der Waals surface area contributed by atoms with Crippen LogP contribution in [0.5, 0.6) is 0 Å². The number of carbonyl (C=O) groups is 2. The Labute approximate surface area is 171 Å². The number of benzene rings is 2. The molecule has 1 aliphatic carbocycles. The number of amides is 1. The van der Waals surface area contributed by atoms with Crippen molar-refractivity contribution in [2.75, 3.05) is 12.4 Å². The second kappa shape index (κ2) is 7.70. The van der Waals surface area contributed by atoms with Crippen molar-refractivity contribution in [3.63, 3.8) is 0 Å². The summed E-state index contributed by atoms with van der Waals surface area (Å²) in [6, 6.07) is 8.54. The van der Waals surface area contributed by atoms with Gasteiger partial charge in [-0.1, -0.05) is 12.1 Å². The molecule has 2 aromatic carbocycles. The average molecular weight is 411 g/mol. The molecule has 0 bridgehead atoms. The van der Waals surface area contributed by atoms with E-state index in [2.05, 4.69) is 10.4 Å². The molecule has 1 N–H and O–H groups in total. The van der Waals surface area contributed by atoms with Crippen LogP contribution in [0.1, 0.15) is 44.1 Å². The van der Waals surface area contributed by atoms with Crippen molar-refractivity contribution in [2.24, 2.45) is 0 Å². The molecule has 1 aromatic heterocycles. The van der Waals surface area contributed by atoms with Gasteiger partial charge in [-0.25, -0.2) is 18.3 Å². The van der Waals surface area contributed by atoms with Crippen molar-refractivity contribution in [3.8, 4) is 5.69 Å². The molecule has 154 valence electrons. The maximum atomic E-state index is 13.7. The number of nitrogens with zero attached hydrogens (tertiary/aromatic N) is 2. The number of methoxy groups -OCH3 is 1. The molecule has 30 heavy (non-hydrogen) atoms. The van der Waals surface area contributed by atoms with Crippen LogP contribution in [0.4, 0.5) is 14.5 Å². The first kappa shape index (κ1) is 19.8. The summed E-state index contributed by atoms with van der Waals surface area (Å²) in [6.07, 6.45) is 2.15. The molecule has 1 amide bonds. The quantitative estimate of drug-likeness (QED) is 0.659. The lowest BCUT2D eigenvalue weighted by Gasteiger charge is -2.12. The summed E-state index contributed by atoms with van der Waals surface area (Å²) in [6.45, 7) is 1.77. The van der Waals surface area contributed by atoms with Gasteiger partial charge in [0.05, 0.1) is 24.0 Å². The third kappa shape index (κ3) is 3.34. The number of carbonyl (C=O) groups excluding carboxylic acids is 2. The van der Waals surface area contributed by atoms with Crippen LogP contribution in [0.2, 0.25) is 0 Å². The minimum atomic E-state index is -0.983. The highest BCUT2D eigenvalue weighted by molar-refractivity contribution is 6.08. The predicted molar refractivity (Wildman–Crippen MR) is 106 cm³/mol. The van der Waals surface area contributed by atoms with Crippen molar-refractivity contribution in [3.05, 3.63) is 76.1 Å². The van der Waals surface area contributed by atoms with Gasteiger partial charge in [0.1, 0.15) is 0 Å². The molecule has 0 aliphatic heterocycles. The van der Waals surface area contributed by atoms with E-state index in [-0.39, 0.29) is 11.3 Å². The maximum absolute atomic E-state index is 13.7. The maximum Gasteiger partial charge on any atom is 0.339 e. The van der Waals surface area contributed by atoms with Crippen molar-refractivity contribution in [1.82, 2.24) is 9.78 Å². The number of halogens is 2. The van der Waals surface area contributed by atoms with Crippen LogP contribution in [0, 0.1) is 18.6 Å². The van der Waals surface area contributed by atoms with Crippen molar-refractivity contribution < 1.29 is 23.1 Å². The van der Waals surface area contributed by atoms with Crippen LogP contribution in [-0.4, -0.2) is 28.8 Å². The standard InChI is InChI=1S/C22H19F2N3O3/c1-12-5-3-7-15(22(29)30-2)19(12)25-21(28)20-14-6-4-8-18(14)27(26-20)13-9-10-16(23)17(24)11-13/h3,5,7,9-11H,4,6,8H2,1-2H3,(H,25,28). The summed E-state index contributed by atoms with van der Waals surface area (Å²) < 4.78 is 33.3. The molecule has 0 saturated carbocycles. The molecule has 0 atom stereocenters. The number of anilines is 1. The fraction of sp³-hybridized carbons (Fsp3) is 0.227. The zero-order valence-electron chi connectivity index (χ0n) is 16.5. The lowest BCUT2D eigenvalue weighted by Crippen LogP contribution is -2.18. The van der Waals surface area contributed by atoms with Gasteiger partial charge in [-0.05, 0) is 49.9 Å². The molecule has 3 aromatic rings. The predicted octanol–water partition coefficient (Wildman–Crippen LogP) is 3.99. The second-order valence-electron chi connectivity index (χ2n) is 7.08. The molecule has 1 aliphatic rings. The van der Waals surface area contributed by atoms with E-state index < -0.39 is 23.5 Å². The lowest BCUT2D eigenvalue weighted by molar-refractivity contribution is 0.0602. The SMILES string of the molecule is COC(=O)c1cccc(C)c1NC(=O)c1nn(-c2ccc(F)c(F)c2)c2c1CCC2. The van der Waals surface area contributed by atoms with Crippen LogP contribution in [0.3, 0.4) is 0 Å². The summed E-state index contributed by atoms with van der Waals surface area (Å²) in [4.78, 5) is 25.2. The van der Waals surface area contributed by atoms with Gasteiger partial charge in [0, 0.05) is 17.3 Å². The molecule has 0 radical (unpaired) electrons. The number of rotatable bonds is 4. The summed E-state index contributed by atoms with van der Waals surface area (Å²) in [5.41, 5.74) is 3.40. The topological polar surface area (TPSA) is 73.2 Å². The first-order valence-corrected chi connectivity index (χ1v) is 9.46. The smallest absolute Gasteiger partial charge is 0.339 e. The summed E-state index contributed by atoms with van der Waals surface area (Å²) in [5.74, 6) is -2.97. The largest absolute Gasteiger partial charge is 0.465 e. The van der Waals surface area contributed by atoms with Crippen LogP contribution >= 0.6 is 0 Å². The molecular formula is C22H19F2N3O3. The van der Waals surface area contributed by atoms with Gasteiger partial charge in [0.2, 0.25) is 0 Å². The van der Waals surface area contributed by atoms with E-state index in [9.17, 15) is 18.4 Å². The Kier molecular flexibility index (Phi) is 5.07. The summed E-state index contributed by atoms with van der Waals surface area (Å²) in [5, 5.41) is 7.17. The molecule has 0 fully saturated rings. The lowest BCUT2D eigenvalue weighted by atomic mass is 10.1. The van der Waals surface area contributed by atoms with E-state index in [4.69, 9.17) is 4.74 Å². The van der Waals surface area contributed by atoms with Crippen molar-refractivity contribution in [1.29, 1.82) is 0 Å². The average Bonchev–Trinajstić information content (AvgIpc) is 3.33. The highest BCUT2D eigenvalue weighted by Gasteiger charge is 2.28. The fourth-order valence-electron chi connectivity index (χ4n) is 3.74. The second-order valence-corrected chi connectivity index (χ2v) is 7.08. The number of aromatic nitrogens is 2. The van der Waals surface area contributed by atoms with Crippen LogP contribution in [0.15, 0.2) is 36.4 Å². The first-order valence-electron chi connectivity index (χ1n) is 9.46. The number of hydrogen-bond acceptors (Lipinski definition) is 4. The molecule has 4 rings (SSSR count). The van der Waals surface area contributed by atoms with Gasteiger partial charge in [0.15, 0.2) is 17.3 Å². The molecule has 0 spiro atoms. The van der Waals surface area contributed by atoms with Crippen molar-refractivity contribution >= 4 is 17.6 Å². The first-order chi connectivity index (χ1) is 14.4. The third-order valence-electron chi connectivity index (χ3n) is 5.21. The van der Waals surface area contributed by atoms with Gasteiger partial charge in [-0.3, -0.25) is 4.79 Å². The Morgan fingerprint density at radius 2 is 1.93 bits per heavy atom. The normalized spacial score (nSPS) is 12.5. The monoisotopic (exact) mass is 411 g/mol. The number of nitrogens with one attached hydrogen (secondary N) is 1. The zero-order valence-corrected chi connectivity index (χ0v) is 16.5. The van der Waals surface area contributed by atoms with E-state index in [0.717, 1.165) is 29.8 Å². The van der Waals surface area contributed by atoms with E-state index in [1.807, 2.05) is 0 Å². The minimum absolute atomic E-state index is 0.200. The molecule has 6 nitrogen and oxygen atoms in total. The Hall–Kier alpha value is -3.55. The summed E-state index contributed by atoms with van der Waals surface area (Å²) in [7, 11) is 1.27. The van der Waals surface area contributed by atoms with Crippen molar-refractivity contribution in [2.45, 2.75) is 26.2 Å². The highest BCUT2D eigenvalue weighted by atomic mass is 19.2. The molecule has 1 heterocycles. The van der Waals surface area contributed by atoms with Gasteiger partial charge in [-0.15, -0.1) is 0 Å². The molecule has 0 unspecified atom stereocenters. The van der Waals surface area contributed by atoms with E-state index in [1.165, 1.54) is 17.9 Å². The van der Waals surface area contributed by atoms with E-state index >= 15 is 0 Å². The van der Waals surface area contributed by atoms with E-state index in [1.54, 1.807) is 25.1 Å². The van der Waals surface area contributed by atoms with Gasteiger partial charge in [0.25, 0.3) is 5.91 Å². The highest BCUT2D eigenvalue weighted by Crippen LogP contribution is 2.30. The van der Waals surface area contributed by atoms with Gasteiger partial charge >= 0.3 is 5.97 Å². The number of fused-ring (bicyclic) bond motifs is 1. The Bertz CT molecular complexity index is 1170. The molecular weight excluding hydrogens is 392 g/mol. The van der Waals surface area contributed by atoms with Crippen LogP contribution < -0.4 is 5.32 Å².